The molecule has 2 unspecified atom stereocenters. The zero-order valence-electron chi connectivity index (χ0n) is 28.3. The molecule has 2 aromatic rings. The summed E-state index contributed by atoms with van der Waals surface area (Å²) in [6, 6.07) is 6.00. The van der Waals surface area contributed by atoms with E-state index in [1.165, 1.54) is 0 Å². The van der Waals surface area contributed by atoms with Crippen molar-refractivity contribution in [3.05, 3.63) is 60.3 Å². The zero-order valence-corrected chi connectivity index (χ0v) is 28.3. The highest BCUT2D eigenvalue weighted by molar-refractivity contribution is 6.04. The summed E-state index contributed by atoms with van der Waals surface area (Å²) in [5.74, 6) is -0.323. The highest BCUT2D eigenvalue weighted by Gasteiger charge is 2.71. The van der Waals surface area contributed by atoms with Gasteiger partial charge >= 0.3 is 0 Å². The Morgan fingerprint density at radius 3 is 2.46 bits per heavy atom. The van der Waals surface area contributed by atoms with Crippen LogP contribution >= 0.6 is 0 Å². The van der Waals surface area contributed by atoms with E-state index in [1.54, 1.807) is 23.3 Å². The van der Waals surface area contributed by atoms with Gasteiger partial charge in [-0.05, 0) is 91.2 Å². The first kappa shape index (κ1) is 31.0. The first-order valence-corrected chi connectivity index (χ1v) is 17.0. The third kappa shape index (κ3) is 3.91. The predicted molar refractivity (Wildman–Crippen MR) is 175 cm³/mol. The number of pyridine rings is 1. The standard InChI is InChI=1S/C39H46N4O3/c1-34(2)12-14-39(33(46)43-22-27(42-23-43)24-9-8-16-41-21-24)15-13-38(7)31(26(39)19-34)28(44)17-30-36(5)18-25(20-40)32(45)35(3,4)29(36)10-11-37(30,38)6/h8-9,16-18,21-23,26,29,31H,10-15,19H2,1-7H3/t26?,29?,31-,36-,37+,38+,39-/m0/s1. The first-order valence-electron chi connectivity index (χ1n) is 17.0. The van der Waals surface area contributed by atoms with E-state index in [2.05, 4.69) is 50.7 Å². The Hall–Kier alpha value is -3.66. The Morgan fingerprint density at radius 2 is 1.76 bits per heavy atom. The molecule has 240 valence electrons. The molecule has 0 bridgehead atoms. The van der Waals surface area contributed by atoms with E-state index >= 15 is 0 Å². The van der Waals surface area contributed by atoms with Crippen molar-refractivity contribution in [3.63, 3.8) is 0 Å². The number of allylic oxidation sites excluding steroid dienone is 4. The molecule has 7 atom stereocenters. The Kier molecular flexibility index (Phi) is 6.52. The molecule has 5 aliphatic carbocycles. The van der Waals surface area contributed by atoms with Gasteiger partial charge in [-0.15, -0.1) is 0 Å². The highest BCUT2D eigenvalue weighted by Crippen LogP contribution is 2.74. The number of rotatable bonds is 2. The molecule has 0 N–H and O–H groups in total. The first-order chi connectivity index (χ1) is 21.5. The molecule has 7 heteroatoms. The maximum absolute atomic E-state index is 14.8. The van der Waals surface area contributed by atoms with Gasteiger partial charge in [0.05, 0.1) is 16.7 Å². The number of hydrogen-bond acceptors (Lipinski definition) is 6. The molecule has 3 saturated carbocycles. The molecule has 2 heterocycles. The molecule has 46 heavy (non-hydrogen) atoms. The number of carbonyl (C=O) groups excluding carboxylic acids is 3. The van der Waals surface area contributed by atoms with Crippen LogP contribution in [0.1, 0.15) is 98.2 Å². The summed E-state index contributed by atoms with van der Waals surface area (Å²) in [4.78, 5) is 51.8. The summed E-state index contributed by atoms with van der Waals surface area (Å²) in [5.41, 5.74) is 0.266. The van der Waals surface area contributed by atoms with Crippen molar-refractivity contribution in [1.29, 1.82) is 5.26 Å². The van der Waals surface area contributed by atoms with Crippen molar-refractivity contribution < 1.29 is 14.4 Å². The highest BCUT2D eigenvalue weighted by atomic mass is 16.2. The lowest BCUT2D eigenvalue weighted by molar-refractivity contribution is -0.164. The predicted octanol–water partition coefficient (Wildman–Crippen LogP) is 7.80. The number of fused-ring (bicyclic) bond motifs is 7. The summed E-state index contributed by atoms with van der Waals surface area (Å²) < 4.78 is 1.67. The van der Waals surface area contributed by atoms with Crippen molar-refractivity contribution in [2.45, 2.75) is 93.4 Å². The number of nitrogens with zero attached hydrogens (tertiary/aromatic N) is 4. The molecule has 0 radical (unpaired) electrons. The SMILES string of the molecule is CC1(C)CC[C@]2(C(=O)n3cnc(-c4cccnc4)c3)CC[C@]3(C)[C@H](C(=O)C=C4[C@@]5(C)C=C(C#N)C(=O)C(C)(C)C5CC[C@]43C)C2C1. The fourth-order valence-corrected chi connectivity index (χ4v) is 11.4. The third-order valence-electron chi connectivity index (χ3n) is 14.1. The van der Waals surface area contributed by atoms with Crippen LogP contribution in [-0.4, -0.2) is 32.0 Å². The van der Waals surface area contributed by atoms with Crippen LogP contribution in [0.5, 0.6) is 0 Å². The van der Waals surface area contributed by atoms with Gasteiger partial charge in [-0.25, -0.2) is 4.98 Å². The van der Waals surface area contributed by atoms with Crippen LogP contribution < -0.4 is 0 Å². The number of carbonyl (C=O) groups is 3. The number of ketones is 2. The minimum absolute atomic E-state index is 0.00463. The van der Waals surface area contributed by atoms with Gasteiger partial charge in [-0.2, -0.15) is 5.26 Å². The van der Waals surface area contributed by atoms with Crippen LogP contribution in [0.25, 0.3) is 11.3 Å². The number of Topliss-reactive ketones (excluding diaryl/α,β-unsaturated/α-hetero) is 1. The van der Waals surface area contributed by atoms with Crippen molar-refractivity contribution in [2.24, 2.45) is 50.2 Å². The zero-order chi connectivity index (χ0) is 33.1. The van der Waals surface area contributed by atoms with Gasteiger partial charge in [0, 0.05) is 40.9 Å². The van der Waals surface area contributed by atoms with Crippen LogP contribution in [0.15, 0.2) is 60.3 Å². The lowest BCUT2D eigenvalue weighted by Gasteiger charge is -2.69. The smallest absolute Gasteiger partial charge is 0.238 e. The minimum Gasteiger partial charge on any atom is -0.295 e. The number of aromatic nitrogens is 3. The van der Waals surface area contributed by atoms with Gasteiger partial charge in [-0.3, -0.25) is 23.9 Å². The second-order valence-corrected chi connectivity index (χ2v) is 17.1. The van der Waals surface area contributed by atoms with Crippen LogP contribution in [0.3, 0.4) is 0 Å². The third-order valence-corrected chi connectivity index (χ3v) is 14.1. The van der Waals surface area contributed by atoms with Crippen molar-refractivity contribution >= 4 is 17.5 Å². The van der Waals surface area contributed by atoms with E-state index < -0.39 is 16.2 Å². The molecule has 0 amide bonds. The second kappa shape index (κ2) is 9.69. The van der Waals surface area contributed by atoms with E-state index in [1.807, 2.05) is 44.3 Å². The molecule has 0 aliphatic heterocycles. The molecule has 0 saturated heterocycles. The molecule has 7 nitrogen and oxygen atoms in total. The summed E-state index contributed by atoms with van der Waals surface area (Å²) in [7, 11) is 0. The van der Waals surface area contributed by atoms with E-state index in [0.717, 1.165) is 56.1 Å². The van der Waals surface area contributed by atoms with Crippen molar-refractivity contribution in [1.82, 2.24) is 14.5 Å². The Balaban J connectivity index is 1.34. The molecular formula is C39H46N4O3. The van der Waals surface area contributed by atoms with Gasteiger partial charge in [0.1, 0.15) is 12.4 Å². The topological polar surface area (TPSA) is 106 Å². The van der Waals surface area contributed by atoms with E-state index in [9.17, 15) is 19.6 Å². The van der Waals surface area contributed by atoms with Gasteiger partial charge in [0.25, 0.3) is 0 Å². The maximum Gasteiger partial charge on any atom is 0.238 e. The quantitative estimate of drug-likeness (QED) is 0.340. The maximum atomic E-state index is 14.8. The lowest BCUT2D eigenvalue weighted by Crippen LogP contribution is -2.66. The van der Waals surface area contributed by atoms with Gasteiger partial charge < -0.3 is 0 Å². The number of nitriles is 1. The molecular weight excluding hydrogens is 572 g/mol. The fraction of sp³-hybridized carbons (Fsp3) is 0.590. The van der Waals surface area contributed by atoms with Crippen LogP contribution in [0.2, 0.25) is 0 Å². The van der Waals surface area contributed by atoms with E-state index in [0.29, 0.717) is 5.69 Å². The van der Waals surface area contributed by atoms with Crippen molar-refractivity contribution in [2.75, 3.05) is 0 Å². The Bertz CT molecular complexity index is 1770. The molecule has 2 aromatic heterocycles. The largest absolute Gasteiger partial charge is 0.295 e. The monoisotopic (exact) mass is 618 g/mol. The van der Waals surface area contributed by atoms with Crippen LogP contribution in [0.4, 0.5) is 0 Å². The molecule has 7 rings (SSSR count). The molecule has 3 fully saturated rings. The average molecular weight is 619 g/mol. The number of hydrogen-bond donors (Lipinski definition) is 0. The minimum atomic E-state index is -0.696. The summed E-state index contributed by atoms with van der Waals surface area (Å²) in [6.45, 7) is 15.3. The summed E-state index contributed by atoms with van der Waals surface area (Å²) in [5, 5.41) is 10.0. The van der Waals surface area contributed by atoms with E-state index in [4.69, 9.17) is 0 Å². The van der Waals surface area contributed by atoms with Gasteiger partial charge in [0.2, 0.25) is 5.91 Å². The average Bonchev–Trinajstić information content (AvgIpc) is 3.50. The Labute approximate surface area is 272 Å². The molecule has 0 spiro atoms. The van der Waals surface area contributed by atoms with Crippen LogP contribution in [-0.2, 0) is 9.59 Å². The Morgan fingerprint density at radius 1 is 1.02 bits per heavy atom. The second-order valence-electron chi connectivity index (χ2n) is 17.1. The van der Waals surface area contributed by atoms with Crippen LogP contribution in [0, 0.1) is 61.6 Å². The molecule has 5 aliphatic rings. The summed E-state index contributed by atoms with van der Waals surface area (Å²) in [6.07, 6.45) is 16.5. The summed E-state index contributed by atoms with van der Waals surface area (Å²) >= 11 is 0. The number of imidazole rings is 1. The fourth-order valence-electron chi connectivity index (χ4n) is 11.4. The van der Waals surface area contributed by atoms with Gasteiger partial charge in [0.15, 0.2) is 11.6 Å². The lowest BCUT2D eigenvalue weighted by atomic mass is 9.34. The van der Waals surface area contributed by atoms with Gasteiger partial charge in [-0.1, -0.05) is 60.1 Å². The normalized spacial score (nSPS) is 39.0. The van der Waals surface area contributed by atoms with Crippen molar-refractivity contribution in [3.8, 4) is 17.3 Å². The van der Waals surface area contributed by atoms with E-state index in [-0.39, 0.29) is 57.0 Å². The molecule has 0 aromatic carbocycles.